The van der Waals surface area contributed by atoms with Crippen LogP contribution in [0.25, 0.3) is 11.4 Å². The van der Waals surface area contributed by atoms with Gasteiger partial charge in [-0.05, 0) is 36.8 Å². The zero-order chi connectivity index (χ0) is 15.5. The summed E-state index contributed by atoms with van der Waals surface area (Å²) in [5.41, 5.74) is 9.37. The van der Waals surface area contributed by atoms with Crippen LogP contribution in [0.15, 0.2) is 48.5 Å². The van der Waals surface area contributed by atoms with Crippen LogP contribution in [0.1, 0.15) is 23.0 Å². The average molecular weight is 294 g/mol. The molecule has 0 aliphatic rings. The van der Waals surface area contributed by atoms with Crippen LogP contribution in [0, 0.1) is 6.92 Å². The van der Waals surface area contributed by atoms with E-state index in [0.29, 0.717) is 11.6 Å². The lowest BCUT2D eigenvalue weighted by Gasteiger charge is -2.08. The molecule has 1 unspecified atom stereocenters. The first kappa shape index (κ1) is 14.3. The molecule has 0 fully saturated rings. The number of rotatable bonds is 4. The van der Waals surface area contributed by atoms with Gasteiger partial charge in [-0.3, -0.25) is 5.10 Å². The van der Waals surface area contributed by atoms with Gasteiger partial charge in [0.25, 0.3) is 0 Å². The number of aromatic amines is 1. The van der Waals surface area contributed by atoms with E-state index in [1.165, 1.54) is 5.56 Å². The van der Waals surface area contributed by atoms with Crippen molar-refractivity contribution in [1.29, 1.82) is 0 Å². The Hall–Kier alpha value is -2.66. The van der Waals surface area contributed by atoms with Gasteiger partial charge in [0.15, 0.2) is 5.82 Å². The van der Waals surface area contributed by atoms with E-state index in [2.05, 4.69) is 15.2 Å². The molecule has 0 aliphatic heterocycles. The van der Waals surface area contributed by atoms with Gasteiger partial charge in [0.2, 0.25) is 0 Å². The first-order valence-electron chi connectivity index (χ1n) is 7.06. The zero-order valence-corrected chi connectivity index (χ0v) is 12.6. The summed E-state index contributed by atoms with van der Waals surface area (Å²) >= 11 is 0. The van der Waals surface area contributed by atoms with E-state index in [1.807, 2.05) is 55.5 Å². The van der Waals surface area contributed by atoms with E-state index in [9.17, 15) is 0 Å². The molecule has 3 aromatic rings. The largest absolute Gasteiger partial charge is 0.497 e. The van der Waals surface area contributed by atoms with Gasteiger partial charge < -0.3 is 10.5 Å². The SMILES string of the molecule is COc1ccc(-c2n[nH]c(C(N)c3ccc(C)cc3)n2)cc1. The van der Waals surface area contributed by atoms with Gasteiger partial charge in [-0.2, -0.15) is 5.10 Å². The normalized spacial score (nSPS) is 12.1. The highest BCUT2D eigenvalue weighted by atomic mass is 16.5. The monoisotopic (exact) mass is 294 g/mol. The van der Waals surface area contributed by atoms with E-state index >= 15 is 0 Å². The molecule has 0 amide bonds. The Balaban J connectivity index is 1.84. The second kappa shape index (κ2) is 5.99. The zero-order valence-electron chi connectivity index (χ0n) is 12.6. The summed E-state index contributed by atoms with van der Waals surface area (Å²) in [4.78, 5) is 4.50. The molecule has 0 saturated heterocycles. The van der Waals surface area contributed by atoms with E-state index < -0.39 is 0 Å². The average Bonchev–Trinajstić information content (AvgIpc) is 3.05. The van der Waals surface area contributed by atoms with Gasteiger partial charge in [-0.15, -0.1) is 0 Å². The predicted molar refractivity (Wildman–Crippen MR) is 85.6 cm³/mol. The van der Waals surface area contributed by atoms with Crippen LogP contribution in [0.3, 0.4) is 0 Å². The Bertz CT molecular complexity index is 747. The number of aromatic nitrogens is 3. The van der Waals surface area contributed by atoms with E-state index in [-0.39, 0.29) is 6.04 Å². The maximum absolute atomic E-state index is 6.25. The molecule has 1 atom stereocenters. The first-order valence-corrected chi connectivity index (χ1v) is 7.06. The first-order chi connectivity index (χ1) is 10.7. The lowest BCUT2D eigenvalue weighted by Crippen LogP contribution is -2.13. The van der Waals surface area contributed by atoms with Gasteiger partial charge in [0.05, 0.1) is 13.2 Å². The molecule has 5 nitrogen and oxygen atoms in total. The van der Waals surface area contributed by atoms with Crippen molar-refractivity contribution in [3.05, 3.63) is 65.5 Å². The minimum Gasteiger partial charge on any atom is -0.497 e. The molecule has 0 saturated carbocycles. The van der Waals surface area contributed by atoms with Crippen molar-refractivity contribution in [2.75, 3.05) is 7.11 Å². The number of benzene rings is 2. The van der Waals surface area contributed by atoms with Crippen LogP contribution >= 0.6 is 0 Å². The van der Waals surface area contributed by atoms with Crippen LogP contribution in [0.2, 0.25) is 0 Å². The summed E-state index contributed by atoms with van der Waals surface area (Å²) in [7, 11) is 1.64. The summed E-state index contributed by atoms with van der Waals surface area (Å²) in [6.07, 6.45) is 0. The smallest absolute Gasteiger partial charge is 0.181 e. The van der Waals surface area contributed by atoms with Crippen molar-refractivity contribution in [3.63, 3.8) is 0 Å². The highest BCUT2D eigenvalue weighted by Gasteiger charge is 2.14. The molecule has 0 bridgehead atoms. The standard InChI is InChI=1S/C17H18N4O/c1-11-3-5-12(6-4-11)15(18)17-19-16(20-21-17)13-7-9-14(22-2)10-8-13/h3-10,15H,18H2,1-2H3,(H,19,20,21). The van der Waals surface area contributed by atoms with E-state index in [4.69, 9.17) is 10.5 Å². The Morgan fingerprint density at radius 1 is 1.05 bits per heavy atom. The Kier molecular flexibility index (Phi) is 3.89. The summed E-state index contributed by atoms with van der Waals surface area (Å²) in [6.45, 7) is 2.05. The van der Waals surface area contributed by atoms with Crippen molar-refractivity contribution in [2.45, 2.75) is 13.0 Å². The molecule has 22 heavy (non-hydrogen) atoms. The van der Waals surface area contributed by atoms with Gasteiger partial charge in [-0.1, -0.05) is 29.8 Å². The number of nitrogens with two attached hydrogens (primary N) is 1. The fraction of sp³-hybridized carbons (Fsp3) is 0.176. The molecule has 3 N–H and O–H groups in total. The summed E-state index contributed by atoms with van der Waals surface area (Å²) < 4.78 is 5.15. The van der Waals surface area contributed by atoms with Crippen LogP contribution in [0.5, 0.6) is 5.75 Å². The molecule has 3 rings (SSSR count). The Labute approximate surface area is 129 Å². The Morgan fingerprint density at radius 2 is 1.73 bits per heavy atom. The van der Waals surface area contributed by atoms with Crippen molar-refractivity contribution >= 4 is 0 Å². The molecule has 0 radical (unpaired) electrons. The summed E-state index contributed by atoms with van der Waals surface area (Å²) in [5.74, 6) is 2.07. The number of nitrogens with one attached hydrogen (secondary N) is 1. The number of nitrogens with zero attached hydrogens (tertiary/aromatic N) is 2. The molecule has 5 heteroatoms. The second-order valence-corrected chi connectivity index (χ2v) is 5.16. The third kappa shape index (κ3) is 2.84. The highest BCUT2D eigenvalue weighted by Crippen LogP contribution is 2.22. The molecule has 1 heterocycles. The number of hydrogen-bond donors (Lipinski definition) is 2. The number of ether oxygens (including phenoxy) is 1. The fourth-order valence-electron chi connectivity index (χ4n) is 2.21. The number of hydrogen-bond acceptors (Lipinski definition) is 4. The topological polar surface area (TPSA) is 76.8 Å². The van der Waals surface area contributed by atoms with E-state index in [0.717, 1.165) is 16.9 Å². The minimum absolute atomic E-state index is 0.319. The van der Waals surface area contributed by atoms with Crippen LogP contribution in [-0.4, -0.2) is 22.3 Å². The third-order valence-corrected chi connectivity index (χ3v) is 3.58. The van der Waals surface area contributed by atoms with Gasteiger partial charge in [0.1, 0.15) is 11.6 Å². The van der Waals surface area contributed by atoms with Crippen molar-refractivity contribution in [2.24, 2.45) is 5.73 Å². The fourth-order valence-corrected chi connectivity index (χ4v) is 2.21. The van der Waals surface area contributed by atoms with Crippen molar-refractivity contribution in [3.8, 4) is 17.1 Å². The van der Waals surface area contributed by atoms with Crippen molar-refractivity contribution in [1.82, 2.24) is 15.2 Å². The maximum atomic E-state index is 6.25. The maximum Gasteiger partial charge on any atom is 0.181 e. The molecular formula is C17H18N4O. The molecule has 1 aromatic heterocycles. The van der Waals surface area contributed by atoms with Gasteiger partial charge in [-0.25, -0.2) is 4.98 Å². The highest BCUT2D eigenvalue weighted by molar-refractivity contribution is 5.56. The Morgan fingerprint density at radius 3 is 2.36 bits per heavy atom. The minimum atomic E-state index is -0.319. The molecular weight excluding hydrogens is 276 g/mol. The number of methoxy groups -OCH3 is 1. The van der Waals surface area contributed by atoms with Gasteiger partial charge in [0, 0.05) is 5.56 Å². The van der Waals surface area contributed by atoms with E-state index in [1.54, 1.807) is 7.11 Å². The van der Waals surface area contributed by atoms with Crippen molar-refractivity contribution < 1.29 is 4.74 Å². The summed E-state index contributed by atoms with van der Waals surface area (Å²) in [5, 5.41) is 7.18. The lowest BCUT2D eigenvalue weighted by atomic mass is 10.1. The van der Waals surface area contributed by atoms with Crippen LogP contribution in [0.4, 0.5) is 0 Å². The van der Waals surface area contributed by atoms with Crippen LogP contribution in [-0.2, 0) is 0 Å². The number of aryl methyl sites for hydroxylation is 1. The summed E-state index contributed by atoms with van der Waals surface area (Å²) in [6, 6.07) is 15.4. The number of H-pyrrole nitrogens is 1. The van der Waals surface area contributed by atoms with Crippen LogP contribution < -0.4 is 10.5 Å². The second-order valence-electron chi connectivity index (χ2n) is 5.16. The molecule has 2 aromatic carbocycles. The quantitative estimate of drug-likeness (QED) is 0.775. The molecule has 0 spiro atoms. The van der Waals surface area contributed by atoms with Gasteiger partial charge >= 0.3 is 0 Å². The molecule has 0 aliphatic carbocycles. The third-order valence-electron chi connectivity index (χ3n) is 3.58. The molecule has 112 valence electrons. The lowest BCUT2D eigenvalue weighted by molar-refractivity contribution is 0.415. The predicted octanol–water partition coefficient (Wildman–Crippen LogP) is 2.84.